The number of carbonyl (C=O) groups excluding carboxylic acids is 1. The maximum atomic E-state index is 11.0. The summed E-state index contributed by atoms with van der Waals surface area (Å²) in [6.07, 6.45) is 5.47. The monoisotopic (exact) mass is 223 g/mol. The lowest BCUT2D eigenvalue weighted by Gasteiger charge is -2.30. The second-order valence-corrected chi connectivity index (χ2v) is 3.09. The molecule has 0 saturated heterocycles. The first kappa shape index (κ1) is 11.8. The number of esters is 1. The highest BCUT2D eigenvalue weighted by Gasteiger charge is 2.43. The van der Waals surface area contributed by atoms with E-state index >= 15 is 0 Å². The number of carboxylic acids is 1. The molecule has 0 amide bonds. The number of nitrogens with zero attached hydrogens (tertiary/aromatic N) is 3. The van der Waals surface area contributed by atoms with E-state index < -0.39 is 23.6 Å². The van der Waals surface area contributed by atoms with Crippen LogP contribution in [0.3, 0.4) is 0 Å². The summed E-state index contributed by atoms with van der Waals surface area (Å²) < 4.78 is 4.81. The predicted molar refractivity (Wildman–Crippen MR) is 53.0 cm³/mol. The second kappa shape index (κ2) is 4.50. The van der Waals surface area contributed by atoms with Gasteiger partial charge in [0.1, 0.15) is 5.92 Å². The maximum absolute atomic E-state index is 11.0. The molecule has 16 heavy (non-hydrogen) atoms. The van der Waals surface area contributed by atoms with Crippen LogP contribution in [0.15, 0.2) is 29.4 Å². The fourth-order valence-corrected chi connectivity index (χ4v) is 1.38. The van der Waals surface area contributed by atoms with Crippen LogP contribution in [0.25, 0.3) is 10.4 Å². The van der Waals surface area contributed by atoms with E-state index in [2.05, 4.69) is 10.0 Å². The number of hydrogen-bond donors (Lipinski definition) is 1. The fourth-order valence-electron chi connectivity index (χ4n) is 1.38. The molecule has 84 valence electrons. The minimum atomic E-state index is -1.82. The molecule has 1 aliphatic carbocycles. The van der Waals surface area contributed by atoms with Gasteiger partial charge in [0.2, 0.25) is 5.72 Å². The average molecular weight is 223 g/mol. The van der Waals surface area contributed by atoms with E-state index in [-0.39, 0.29) is 0 Å². The first-order valence-corrected chi connectivity index (χ1v) is 4.36. The van der Waals surface area contributed by atoms with Crippen molar-refractivity contribution < 1.29 is 19.4 Å². The number of ether oxygens (including phenoxy) is 1. The molecule has 0 radical (unpaired) electrons. The molecule has 7 nitrogen and oxygen atoms in total. The van der Waals surface area contributed by atoms with Crippen molar-refractivity contribution in [1.82, 2.24) is 0 Å². The Morgan fingerprint density at radius 3 is 2.75 bits per heavy atom. The van der Waals surface area contributed by atoms with Crippen LogP contribution in [0, 0.1) is 5.92 Å². The van der Waals surface area contributed by atoms with Crippen LogP contribution >= 0.6 is 0 Å². The Bertz CT molecular complexity index is 422. The molecule has 0 fully saturated rings. The van der Waals surface area contributed by atoms with E-state index in [1.807, 2.05) is 0 Å². The van der Waals surface area contributed by atoms with Crippen LogP contribution < -0.4 is 0 Å². The van der Waals surface area contributed by atoms with Gasteiger partial charge in [-0.15, -0.1) is 0 Å². The highest BCUT2D eigenvalue weighted by molar-refractivity contribution is 5.76. The molecule has 2 unspecified atom stereocenters. The Kier molecular flexibility index (Phi) is 3.32. The van der Waals surface area contributed by atoms with Gasteiger partial charge in [-0.2, -0.15) is 0 Å². The summed E-state index contributed by atoms with van der Waals surface area (Å²) >= 11 is 0. The van der Waals surface area contributed by atoms with Gasteiger partial charge in [0, 0.05) is 11.8 Å². The Morgan fingerprint density at radius 1 is 1.56 bits per heavy atom. The van der Waals surface area contributed by atoms with E-state index in [9.17, 15) is 9.59 Å². The van der Waals surface area contributed by atoms with Crippen molar-refractivity contribution in [1.29, 1.82) is 0 Å². The maximum Gasteiger partial charge on any atom is 0.314 e. The van der Waals surface area contributed by atoms with Gasteiger partial charge in [-0.1, -0.05) is 18.2 Å². The number of aliphatic carboxylic acids is 1. The summed E-state index contributed by atoms with van der Waals surface area (Å²) in [5, 5.41) is 12.2. The Labute approximate surface area is 90.6 Å². The zero-order valence-corrected chi connectivity index (χ0v) is 8.40. The quantitative estimate of drug-likeness (QED) is 0.337. The number of carboxylic acid groups (broad SMARTS) is 1. The van der Waals surface area contributed by atoms with Crippen molar-refractivity contribution in [3.05, 3.63) is 34.7 Å². The minimum Gasteiger partial charge on any atom is -0.481 e. The third kappa shape index (κ3) is 2.21. The molecule has 0 aliphatic heterocycles. The Morgan fingerprint density at radius 2 is 2.25 bits per heavy atom. The first-order chi connectivity index (χ1) is 7.52. The topological polar surface area (TPSA) is 112 Å². The number of hydrogen-bond acceptors (Lipinski definition) is 4. The molecule has 1 rings (SSSR count). The van der Waals surface area contributed by atoms with Gasteiger partial charge in [-0.3, -0.25) is 9.59 Å². The van der Waals surface area contributed by atoms with Crippen molar-refractivity contribution in [3.63, 3.8) is 0 Å². The predicted octanol–water partition coefficient (Wildman–Crippen LogP) is 1.38. The summed E-state index contributed by atoms with van der Waals surface area (Å²) in [6, 6.07) is 0. The van der Waals surface area contributed by atoms with Crippen molar-refractivity contribution in [2.24, 2.45) is 11.0 Å². The summed E-state index contributed by atoms with van der Waals surface area (Å²) in [5.74, 6) is -3.19. The molecule has 0 spiro atoms. The normalized spacial score (nSPS) is 26.9. The minimum absolute atomic E-state index is 0.724. The summed E-state index contributed by atoms with van der Waals surface area (Å²) in [5.41, 5.74) is 6.59. The number of azide groups is 1. The third-order valence-electron chi connectivity index (χ3n) is 1.97. The SMILES string of the molecule is CC(=O)OC1(N=[N+]=[N-])C=CC=CC1C(=O)O. The molecule has 0 aromatic carbocycles. The molecular formula is C9H9N3O4. The molecule has 1 N–H and O–H groups in total. The van der Waals surface area contributed by atoms with Gasteiger partial charge in [0.25, 0.3) is 0 Å². The Balaban J connectivity index is 3.20. The molecule has 0 bridgehead atoms. The van der Waals surface area contributed by atoms with Crippen LogP contribution in [0.5, 0.6) is 0 Å². The average Bonchev–Trinajstić information content (AvgIpc) is 2.16. The summed E-state index contributed by atoms with van der Waals surface area (Å²) in [6.45, 7) is 1.11. The lowest BCUT2D eigenvalue weighted by atomic mass is 9.91. The van der Waals surface area contributed by atoms with Crippen LogP contribution in [-0.2, 0) is 14.3 Å². The van der Waals surface area contributed by atoms with Crippen LogP contribution in [-0.4, -0.2) is 22.8 Å². The molecule has 7 heteroatoms. The van der Waals surface area contributed by atoms with Crippen LogP contribution in [0.4, 0.5) is 0 Å². The van der Waals surface area contributed by atoms with Gasteiger partial charge >= 0.3 is 11.9 Å². The van der Waals surface area contributed by atoms with Gasteiger partial charge in [0.05, 0.1) is 0 Å². The molecule has 0 saturated carbocycles. The van der Waals surface area contributed by atoms with Crippen molar-refractivity contribution in [2.45, 2.75) is 12.6 Å². The van der Waals surface area contributed by atoms with Gasteiger partial charge in [-0.25, -0.2) is 0 Å². The fraction of sp³-hybridized carbons (Fsp3) is 0.333. The van der Waals surface area contributed by atoms with Gasteiger partial charge in [-0.05, 0) is 16.7 Å². The zero-order valence-electron chi connectivity index (χ0n) is 8.40. The van der Waals surface area contributed by atoms with Crippen LogP contribution in [0.1, 0.15) is 6.92 Å². The molecule has 1 aliphatic rings. The largest absolute Gasteiger partial charge is 0.481 e. The number of allylic oxidation sites excluding steroid dienone is 2. The standard InChI is InChI=1S/C9H9N3O4/c1-6(13)16-9(11-12-10)5-3-2-4-7(9)8(14)15/h2-5,7H,1H3,(H,14,15). The van der Waals surface area contributed by atoms with Gasteiger partial charge in [0.15, 0.2) is 0 Å². The summed E-state index contributed by atoms with van der Waals surface area (Å²) in [7, 11) is 0. The van der Waals surface area contributed by atoms with E-state index in [1.54, 1.807) is 0 Å². The highest BCUT2D eigenvalue weighted by atomic mass is 16.6. The molecule has 0 aromatic rings. The summed E-state index contributed by atoms with van der Waals surface area (Å²) in [4.78, 5) is 24.4. The third-order valence-corrected chi connectivity index (χ3v) is 1.97. The molecular weight excluding hydrogens is 214 g/mol. The number of carbonyl (C=O) groups is 2. The molecule has 0 heterocycles. The van der Waals surface area contributed by atoms with Gasteiger partial charge < -0.3 is 9.84 Å². The van der Waals surface area contributed by atoms with E-state index in [1.165, 1.54) is 24.3 Å². The van der Waals surface area contributed by atoms with Crippen molar-refractivity contribution in [3.8, 4) is 0 Å². The van der Waals surface area contributed by atoms with Crippen LogP contribution in [0.2, 0.25) is 0 Å². The Hall–Kier alpha value is -2.27. The first-order valence-electron chi connectivity index (χ1n) is 4.36. The molecule has 2 atom stereocenters. The van der Waals surface area contributed by atoms with E-state index in [4.69, 9.17) is 15.4 Å². The molecule has 0 aromatic heterocycles. The van der Waals surface area contributed by atoms with E-state index in [0.717, 1.165) is 6.92 Å². The number of rotatable bonds is 3. The highest BCUT2D eigenvalue weighted by Crippen LogP contribution is 2.31. The zero-order chi connectivity index (χ0) is 12.2. The lowest BCUT2D eigenvalue weighted by Crippen LogP contribution is -2.42. The van der Waals surface area contributed by atoms with Crippen molar-refractivity contribution in [2.75, 3.05) is 0 Å². The lowest BCUT2D eigenvalue weighted by molar-refractivity contribution is -0.162. The second-order valence-electron chi connectivity index (χ2n) is 3.09. The van der Waals surface area contributed by atoms with Crippen molar-refractivity contribution >= 4 is 11.9 Å². The smallest absolute Gasteiger partial charge is 0.314 e. The van der Waals surface area contributed by atoms with E-state index in [0.29, 0.717) is 0 Å².